The lowest BCUT2D eigenvalue weighted by Gasteiger charge is -2.11. The van der Waals surface area contributed by atoms with E-state index < -0.39 is 12.1 Å². The molecule has 2 aromatic heterocycles. The summed E-state index contributed by atoms with van der Waals surface area (Å²) in [7, 11) is 0. The first-order chi connectivity index (χ1) is 15.0. The highest BCUT2D eigenvalue weighted by Crippen LogP contribution is 2.33. The molecule has 0 radical (unpaired) electrons. The Labute approximate surface area is 190 Å². The molecular weight excluding hydrogens is 471 g/mol. The summed E-state index contributed by atoms with van der Waals surface area (Å²) in [5.41, 5.74) is 3.28. The number of hydrogen-bond acceptors (Lipinski definition) is 7. The first kappa shape index (κ1) is 24.0. The summed E-state index contributed by atoms with van der Waals surface area (Å²) in [5.74, 6) is -2.08. The van der Waals surface area contributed by atoms with Gasteiger partial charge in [0.05, 0.1) is 16.8 Å². The van der Waals surface area contributed by atoms with Crippen LogP contribution in [-0.4, -0.2) is 49.9 Å². The Kier molecular flexibility index (Phi) is 7.36. The van der Waals surface area contributed by atoms with Crippen LogP contribution in [0.1, 0.15) is 25.1 Å². The lowest BCUT2D eigenvalue weighted by Crippen LogP contribution is -2.22. The second-order valence-corrected chi connectivity index (χ2v) is 8.34. The molecule has 1 aliphatic heterocycles. The first-order valence-corrected chi connectivity index (χ1v) is 10.6. The van der Waals surface area contributed by atoms with Crippen molar-refractivity contribution in [2.75, 3.05) is 6.54 Å². The number of rotatable bonds is 4. The highest BCUT2D eigenvalue weighted by Gasteiger charge is 2.38. The molecule has 0 spiro atoms. The molecule has 0 atom stereocenters. The molecule has 0 saturated carbocycles. The van der Waals surface area contributed by atoms with E-state index in [9.17, 15) is 13.2 Å². The number of carbonyl (C=O) groups is 1. The van der Waals surface area contributed by atoms with Gasteiger partial charge >= 0.3 is 12.1 Å². The monoisotopic (exact) mass is 489 g/mol. The van der Waals surface area contributed by atoms with Crippen molar-refractivity contribution in [3.05, 3.63) is 40.7 Å². The molecule has 0 saturated heterocycles. The minimum atomic E-state index is -5.08. The standard InChI is InChI=1S/C17H18ClN5OS.C2HF3O2/c1-10(2)24-15-4-3-11(7-13(15)18)16-20-21-17(25-16)23-9-12-8-19-6-5-14(12)22-23;3-2(4,5)1(6)7/h3-4,7,9-10,19H,5-6,8H2,1-2H3;(H,6,7). The van der Waals surface area contributed by atoms with E-state index in [1.807, 2.05) is 42.9 Å². The van der Waals surface area contributed by atoms with E-state index in [0.717, 1.165) is 40.9 Å². The number of hydrogen-bond donors (Lipinski definition) is 2. The summed E-state index contributed by atoms with van der Waals surface area (Å²) in [6.45, 7) is 5.77. The fraction of sp³-hybridized carbons (Fsp3) is 0.368. The summed E-state index contributed by atoms with van der Waals surface area (Å²) in [5, 5.41) is 25.8. The van der Waals surface area contributed by atoms with Crippen LogP contribution in [0.2, 0.25) is 5.02 Å². The number of halogens is 4. The topological polar surface area (TPSA) is 102 Å². The van der Waals surface area contributed by atoms with Gasteiger partial charge in [0.1, 0.15) is 10.8 Å². The third-order valence-corrected chi connectivity index (χ3v) is 5.38. The lowest BCUT2D eigenvalue weighted by molar-refractivity contribution is -0.192. The molecule has 0 bridgehead atoms. The maximum Gasteiger partial charge on any atom is 0.490 e. The quantitative estimate of drug-likeness (QED) is 0.568. The van der Waals surface area contributed by atoms with E-state index in [0.29, 0.717) is 10.8 Å². The Bertz CT molecular complexity index is 1080. The number of benzene rings is 1. The Balaban J connectivity index is 0.000000360. The Hall–Kier alpha value is -2.70. The van der Waals surface area contributed by atoms with Gasteiger partial charge in [-0.05, 0) is 32.0 Å². The van der Waals surface area contributed by atoms with Crippen LogP contribution in [0.5, 0.6) is 5.75 Å². The fourth-order valence-electron chi connectivity index (χ4n) is 2.74. The third kappa shape index (κ3) is 5.96. The van der Waals surface area contributed by atoms with E-state index in [4.69, 9.17) is 26.2 Å². The minimum Gasteiger partial charge on any atom is -0.489 e. The van der Waals surface area contributed by atoms with Crippen LogP contribution >= 0.6 is 22.9 Å². The third-order valence-electron chi connectivity index (χ3n) is 4.13. The zero-order valence-electron chi connectivity index (χ0n) is 17.0. The Morgan fingerprint density at radius 1 is 1.34 bits per heavy atom. The molecule has 1 aliphatic rings. The van der Waals surface area contributed by atoms with Gasteiger partial charge in [-0.15, -0.1) is 10.2 Å². The first-order valence-electron chi connectivity index (χ1n) is 9.43. The molecule has 0 unspecified atom stereocenters. The van der Waals surface area contributed by atoms with Crippen LogP contribution in [0.3, 0.4) is 0 Å². The molecule has 13 heteroatoms. The number of nitrogens with zero attached hydrogens (tertiary/aromatic N) is 4. The zero-order valence-corrected chi connectivity index (χ0v) is 18.6. The van der Waals surface area contributed by atoms with Crippen LogP contribution < -0.4 is 10.1 Å². The highest BCUT2D eigenvalue weighted by atomic mass is 35.5. The second kappa shape index (κ2) is 9.84. The molecule has 0 amide bonds. The van der Waals surface area contributed by atoms with Crippen LogP contribution in [0.15, 0.2) is 24.4 Å². The minimum absolute atomic E-state index is 0.0804. The predicted octanol–water partition coefficient (Wildman–Crippen LogP) is 4.11. The van der Waals surface area contributed by atoms with E-state index in [-0.39, 0.29) is 6.10 Å². The van der Waals surface area contributed by atoms with Gasteiger partial charge in [0.25, 0.3) is 0 Å². The molecule has 32 heavy (non-hydrogen) atoms. The van der Waals surface area contributed by atoms with Crippen molar-refractivity contribution in [3.8, 4) is 21.5 Å². The van der Waals surface area contributed by atoms with Crippen molar-refractivity contribution in [1.82, 2.24) is 25.3 Å². The summed E-state index contributed by atoms with van der Waals surface area (Å²) in [4.78, 5) is 8.90. The molecule has 3 aromatic rings. The van der Waals surface area contributed by atoms with Crippen LogP contribution in [0.25, 0.3) is 15.7 Å². The molecule has 8 nitrogen and oxygen atoms in total. The molecule has 172 valence electrons. The Morgan fingerprint density at radius 2 is 2.06 bits per heavy atom. The molecule has 0 fully saturated rings. The van der Waals surface area contributed by atoms with Crippen molar-refractivity contribution in [1.29, 1.82) is 0 Å². The predicted molar refractivity (Wildman–Crippen MR) is 112 cm³/mol. The van der Waals surface area contributed by atoms with Gasteiger partial charge < -0.3 is 15.2 Å². The number of alkyl halides is 3. The van der Waals surface area contributed by atoms with Crippen molar-refractivity contribution < 1.29 is 27.8 Å². The summed E-state index contributed by atoms with van der Waals surface area (Å²) in [6.07, 6.45) is -2.03. The number of aliphatic carboxylic acids is 1. The number of carboxylic acid groups (broad SMARTS) is 1. The number of carboxylic acids is 1. The fourth-order valence-corrected chi connectivity index (χ4v) is 3.73. The van der Waals surface area contributed by atoms with Gasteiger partial charge in [-0.3, -0.25) is 0 Å². The van der Waals surface area contributed by atoms with Crippen LogP contribution in [0, 0.1) is 0 Å². The van der Waals surface area contributed by atoms with E-state index in [1.54, 1.807) is 0 Å². The summed E-state index contributed by atoms with van der Waals surface area (Å²) < 4.78 is 39.2. The average molecular weight is 490 g/mol. The van der Waals surface area contributed by atoms with Crippen molar-refractivity contribution in [2.45, 2.75) is 39.1 Å². The molecular formula is C19H19ClF3N5O3S. The van der Waals surface area contributed by atoms with Crippen molar-refractivity contribution >= 4 is 28.9 Å². The van der Waals surface area contributed by atoms with Crippen LogP contribution in [0.4, 0.5) is 13.2 Å². The smallest absolute Gasteiger partial charge is 0.489 e. The normalized spacial score (nSPS) is 13.3. The van der Waals surface area contributed by atoms with Gasteiger partial charge in [-0.2, -0.15) is 18.3 Å². The average Bonchev–Trinajstić information content (AvgIpc) is 3.35. The van der Waals surface area contributed by atoms with E-state index >= 15 is 0 Å². The van der Waals surface area contributed by atoms with Gasteiger partial charge in [0.2, 0.25) is 5.13 Å². The molecule has 2 N–H and O–H groups in total. The number of aromatic nitrogens is 4. The Morgan fingerprint density at radius 3 is 2.66 bits per heavy atom. The number of ether oxygens (including phenoxy) is 1. The number of fused-ring (bicyclic) bond motifs is 1. The van der Waals surface area contributed by atoms with Gasteiger partial charge in [-0.1, -0.05) is 22.9 Å². The highest BCUT2D eigenvalue weighted by molar-refractivity contribution is 7.17. The molecule has 0 aliphatic carbocycles. The summed E-state index contributed by atoms with van der Waals surface area (Å²) in [6, 6.07) is 5.69. The van der Waals surface area contributed by atoms with Gasteiger partial charge in [0.15, 0.2) is 0 Å². The van der Waals surface area contributed by atoms with Gasteiger partial charge in [0, 0.05) is 36.8 Å². The van der Waals surface area contributed by atoms with E-state index in [2.05, 4.69) is 20.6 Å². The zero-order chi connectivity index (χ0) is 23.5. The lowest BCUT2D eigenvalue weighted by atomic mass is 10.1. The second-order valence-electron chi connectivity index (χ2n) is 6.98. The SMILES string of the molecule is CC(C)Oc1ccc(-c2nnc(-n3cc4c(n3)CCNC4)s2)cc1Cl.O=C(O)C(F)(F)F. The number of nitrogens with one attached hydrogen (secondary N) is 1. The van der Waals surface area contributed by atoms with Gasteiger partial charge in [-0.25, -0.2) is 9.48 Å². The van der Waals surface area contributed by atoms with Crippen molar-refractivity contribution in [2.24, 2.45) is 0 Å². The molecule has 3 heterocycles. The summed E-state index contributed by atoms with van der Waals surface area (Å²) >= 11 is 7.81. The maximum atomic E-state index is 10.6. The largest absolute Gasteiger partial charge is 0.490 e. The van der Waals surface area contributed by atoms with Crippen LogP contribution in [-0.2, 0) is 17.8 Å². The van der Waals surface area contributed by atoms with E-state index in [1.165, 1.54) is 16.9 Å². The molecule has 1 aromatic carbocycles. The molecule has 4 rings (SSSR count). The van der Waals surface area contributed by atoms with Crippen molar-refractivity contribution in [3.63, 3.8) is 0 Å². The maximum absolute atomic E-state index is 10.6.